The molecule has 1 aliphatic carbocycles. The fraction of sp³-hybridized carbons (Fsp3) is 0.391. The first-order chi connectivity index (χ1) is 14.0. The van der Waals surface area contributed by atoms with Crippen molar-refractivity contribution < 1.29 is 14.0 Å². The molecule has 2 amide bonds. The molecule has 29 heavy (non-hydrogen) atoms. The summed E-state index contributed by atoms with van der Waals surface area (Å²) in [6.45, 7) is 2.55. The number of benzene rings is 2. The van der Waals surface area contributed by atoms with E-state index in [1.807, 2.05) is 18.2 Å². The molecule has 1 heterocycles. The monoisotopic (exact) mass is 412 g/mol. The maximum Gasteiger partial charge on any atom is 0.251 e. The van der Waals surface area contributed by atoms with E-state index in [1.54, 1.807) is 17.0 Å². The summed E-state index contributed by atoms with van der Waals surface area (Å²) in [5.41, 5.74) is 2.17. The molecule has 6 heteroatoms. The topological polar surface area (TPSA) is 49.4 Å². The maximum atomic E-state index is 13.2. The first kappa shape index (κ1) is 20.0. The van der Waals surface area contributed by atoms with Gasteiger partial charge in [0.25, 0.3) is 5.91 Å². The molecule has 152 valence electrons. The summed E-state index contributed by atoms with van der Waals surface area (Å²) in [5, 5.41) is 3.18. The second-order valence-corrected chi connectivity index (χ2v) is 8.94. The van der Waals surface area contributed by atoms with Crippen LogP contribution in [0, 0.1) is 11.7 Å². The minimum absolute atomic E-state index is 0.00899. The van der Waals surface area contributed by atoms with Gasteiger partial charge in [-0.3, -0.25) is 9.59 Å². The summed E-state index contributed by atoms with van der Waals surface area (Å²) in [7, 11) is 0. The summed E-state index contributed by atoms with van der Waals surface area (Å²) < 4.78 is 13.2. The van der Waals surface area contributed by atoms with Crippen molar-refractivity contribution in [2.45, 2.75) is 50.1 Å². The Morgan fingerprint density at radius 1 is 1.17 bits per heavy atom. The number of amides is 2. The van der Waals surface area contributed by atoms with Crippen molar-refractivity contribution in [3.8, 4) is 0 Å². The van der Waals surface area contributed by atoms with Crippen LogP contribution in [-0.2, 0) is 11.3 Å². The van der Waals surface area contributed by atoms with Crippen LogP contribution in [0.2, 0.25) is 0 Å². The van der Waals surface area contributed by atoms with Gasteiger partial charge >= 0.3 is 0 Å². The minimum atomic E-state index is -0.300. The van der Waals surface area contributed by atoms with E-state index in [-0.39, 0.29) is 23.7 Å². The Balaban J connectivity index is 1.56. The number of thioether (sulfide) groups is 1. The van der Waals surface area contributed by atoms with Crippen LogP contribution in [0.3, 0.4) is 0 Å². The van der Waals surface area contributed by atoms with Gasteiger partial charge in [0, 0.05) is 16.5 Å². The number of rotatable bonds is 4. The molecule has 2 aliphatic rings. The lowest BCUT2D eigenvalue weighted by molar-refractivity contribution is -0.116. The zero-order chi connectivity index (χ0) is 20.4. The Labute approximate surface area is 174 Å². The number of carbonyl (C=O) groups is 2. The van der Waals surface area contributed by atoms with Crippen LogP contribution in [0.1, 0.15) is 48.5 Å². The Kier molecular flexibility index (Phi) is 5.90. The Morgan fingerprint density at radius 2 is 1.93 bits per heavy atom. The molecule has 0 spiro atoms. The van der Waals surface area contributed by atoms with Crippen molar-refractivity contribution in [2.24, 2.45) is 5.92 Å². The van der Waals surface area contributed by atoms with Gasteiger partial charge in [0.05, 0.1) is 18.0 Å². The number of nitrogens with zero attached hydrogens (tertiary/aromatic N) is 1. The lowest BCUT2D eigenvalue weighted by Crippen LogP contribution is -2.41. The van der Waals surface area contributed by atoms with E-state index in [0.717, 1.165) is 35.4 Å². The van der Waals surface area contributed by atoms with Crippen molar-refractivity contribution in [1.29, 1.82) is 0 Å². The Hall–Kier alpha value is -2.34. The molecule has 1 fully saturated rings. The highest BCUT2D eigenvalue weighted by molar-refractivity contribution is 8.00. The van der Waals surface area contributed by atoms with Crippen LogP contribution < -0.4 is 10.2 Å². The Bertz CT molecular complexity index is 916. The molecule has 0 bridgehead atoms. The van der Waals surface area contributed by atoms with Gasteiger partial charge in [-0.2, -0.15) is 0 Å². The molecule has 2 aromatic carbocycles. The first-order valence-electron chi connectivity index (χ1n) is 10.1. The number of carbonyl (C=O) groups excluding carboxylic acids is 2. The lowest BCUT2D eigenvalue weighted by atomic mass is 9.86. The number of hydrogen-bond donors (Lipinski definition) is 1. The van der Waals surface area contributed by atoms with Gasteiger partial charge in [0.15, 0.2) is 0 Å². The molecule has 4 rings (SSSR count). The van der Waals surface area contributed by atoms with Gasteiger partial charge in [0.2, 0.25) is 5.91 Å². The summed E-state index contributed by atoms with van der Waals surface area (Å²) in [5.74, 6) is 0.448. The van der Waals surface area contributed by atoms with E-state index in [4.69, 9.17) is 0 Å². The zero-order valence-corrected chi connectivity index (χ0v) is 17.3. The summed E-state index contributed by atoms with van der Waals surface area (Å²) in [4.78, 5) is 28.1. The number of halogens is 1. The third-order valence-electron chi connectivity index (χ3n) is 5.85. The molecular formula is C23H25FN2O2S. The van der Waals surface area contributed by atoms with Crippen LogP contribution in [0.25, 0.3) is 0 Å². The van der Waals surface area contributed by atoms with E-state index < -0.39 is 0 Å². The molecule has 1 saturated carbocycles. The fourth-order valence-corrected chi connectivity index (χ4v) is 4.99. The third kappa shape index (κ3) is 4.47. The van der Waals surface area contributed by atoms with Gasteiger partial charge in [-0.05, 0) is 54.7 Å². The number of fused-ring (bicyclic) bond motifs is 1. The zero-order valence-electron chi connectivity index (χ0n) is 16.5. The van der Waals surface area contributed by atoms with Crippen LogP contribution >= 0.6 is 11.8 Å². The van der Waals surface area contributed by atoms with Crippen LogP contribution in [0.5, 0.6) is 0 Å². The standard InChI is InChI=1S/C23H25FN2O2S/c1-15-4-2-3-5-19(15)25-23(28)17-8-11-21-20(12-17)26(22(27)14-29-21)13-16-6-9-18(24)10-7-16/h6-12,15,19H,2-5,13-14H2,1H3,(H,25,28)/t15-,19-/m1/s1. The van der Waals surface area contributed by atoms with Gasteiger partial charge in [-0.1, -0.05) is 31.9 Å². The molecule has 0 radical (unpaired) electrons. The maximum absolute atomic E-state index is 13.2. The second kappa shape index (κ2) is 8.57. The first-order valence-corrected chi connectivity index (χ1v) is 11.1. The normalized spacial score (nSPS) is 21.6. The smallest absolute Gasteiger partial charge is 0.251 e. The average molecular weight is 413 g/mol. The number of anilines is 1. The molecule has 2 aromatic rings. The van der Waals surface area contributed by atoms with E-state index in [9.17, 15) is 14.0 Å². The van der Waals surface area contributed by atoms with Crippen molar-refractivity contribution in [3.05, 3.63) is 59.4 Å². The number of hydrogen-bond acceptors (Lipinski definition) is 3. The van der Waals surface area contributed by atoms with E-state index in [0.29, 0.717) is 23.8 Å². The second-order valence-electron chi connectivity index (χ2n) is 7.92. The Morgan fingerprint density at radius 3 is 2.69 bits per heavy atom. The molecule has 4 nitrogen and oxygen atoms in total. The molecule has 1 aliphatic heterocycles. The van der Waals surface area contributed by atoms with Crippen LogP contribution in [0.15, 0.2) is 47.4 Å². The molecule has 0 unspecified atom stereocenters. The molecular weight excluding hydrogens is 387 g/mol. The fourth-order valence-electron chi connectivity index (χ4n) is 4.07. The van der Waals surface area contributed by atoms with Crippen molar-refractivity contribution >= 4 is 29.3 Å². The van der Waals surface area contributed by atoms with Crippen LogP contribution in [-0.4, -0.2) is 23.6 Å². The SMILES string of the molecule is C[C@@H]1CCCC[C@H]1NC(=O)c1ccc2c(c1)N(Cc1ccc(F)cc1)C(=O)CS2. The minimum Gasteiger partial charge on any atom is -0.349 e. The highest BCUT2D eigenvalue weighted by Gasteiger charge is 2.27. The van der Waals surface area contributed by atoms with Gasteiger partial charge in [0.1, 0.15) is 5.82 Å². The predicted octanol–water partition coefficient (Wildman–Crippen LogP) is 4.77. The van der Waals surface area contributed by atoms with E-state index in [2.05, 4.69) is 12.2 Å². The number of nitrogens with one attached hydrogen (secondary N) is 1. The largest absolute Gasteiger partial charge is 0.349 e. The molecule has 2 atom stereocenters. The third-order valence-corrected chi connectivity index (χ3v) is 6.89. The van der Waals surface area contributed by atoms with E-state index in [1.165, 1.54) is 30.3 Å². The highest BCUT2D eigenvalue weighted by Crippen LogP contribution is 2.37. The van der Waals surface area contributed by atoms with Crippen molar-refractivity contribution in [1.82, 2.24) is 5.32 Å². The molecule has 0 aromatic heterocycles. The highest BCUT2D eigenvalue weighted by atomic mass is 32.2. The quantitative estimate of drug-likeness (QED) is 0.787. The molecule has 1 N–H and O–H groups in total. The van der Waals surface area contributed by atoms with Crippen LogP contribution in [0.4, 0.5) is 10.1 Å². The van der Waals surface area contributed by atoms with Gasteiger partial charge in [-0.15, -0.1) is 11.8 Å². The summed E-state index contributed by atoms with van der Waals surface area (Å²) in [6, 6.07) is 11.9. The van der Waals surface area contributed by atoms with Crippen molar-refractivity contribution in [2.75, 3.05) is 10.7 Å². The average Bonchev–Trinajstić information content (AvgIpc) is 2.73. The van der Waals surface area contributed by atoms with E-state index >= 15 is 0 Å². The summed E-state index contributed by atoms with van der Waals surface area (Å²) in [6.07, 6.45) is 4.54. The van der Waals surface area contributed by atoms with Crippen molar-refractivity contribution in [3.63, 3.8) is 0 Å². The lowest BCUT2D eigenvalue weighted by Gasteiger charge is -2.31. The predicted molar refractivity (Wildman–Crippen MR) is 114 cm³/mol. The summed E-state index contributed by atoms with van der Waals surface area (Å²) >= 11 is 1.49. The van der Waals surface area contributed by atoms with Gasteiger partial charge < -0.3 is 10.2 Å². The van der Waals surface area contributed by atoms with Gasteiger partial charge in [-0.25, -0.2) is 4.39 Å². The molecule has 0 saturated heterocycles.